The summed E-state index contributed by atoms with van der Waals surface area (Å²) in [6.07, 6.45) is 0. The summed E-state index contributed by atoms with van der Waals surface area (Å²) in [5.41, 5.74) is 2.05. The molecule has 0 saturated heterocycles. The molecule has 0 aliphatic heterocycles. The van der Waals surface area contributed by atoms with Gasteiger partial charge in [0, 0.05) is 5.41 Å². The Morgan fingerprint density at radius 1 is 1.56 bits per heavy atom. The van der Waals surface area contributed by atoms with Crippen LogP contribution in [0.15, 0.2) is 0 Å². The van der Waals surface area contributed by atoms with Gasteiger partial charge in [-0.25, -0.2) is 0 Å². The second-order valence-corrected chi connectivity index (χ2v) is 3.05. The molecule has 3 N–H and O–H groups in total. The number of ketones is 1. The minimum atomic E-state index is -0.271. The van der Waals surface area contributed by atoms with E-state index in [1.54, 1.807) is 0 Å². The van der Waals surface area contributed by atoms with Crippen LogP contribution in [0.4, 0.5) is 0 Å². The lowest BCUT2D eigenvalue weighted by Gasteiger charge is -2.15. The molecule has 0 unspecified atom stereocenters. The first-order valence-electron chi connectivity index (χ1n) is 2.95. The van der Waals surface area contributed by atoms with Gasteiger partial charge in [-0.15, -0.1) is 0 Å². The topological polar surface area (TPSA) is 55.1 Å². The third kappa shape index (κ3) is 3.21. The highest BCUT2D eigenvalue weighted by Crippen LogP contribution is 2.12. The fourth-order valence-corrected chi connectivity index (χ4v) is 0.358. The van der Waals surface area contributed by atoms with Crippen LogP contribution in [0, 0.1) is 5.41 Å². The normalized spacial score (nSPS) is 11.6. The molecule has 0 aromatic heterocycles. The van der Waals surface area contributed by atoms with Crippen LogP contribution in [-0.4, -0.2) is 12.3 Å². The Bertz CT molecular complexity index is 104. The van der Waals surface area contributed by atoms with Crippen LogP contribution >= 0.6 is 0 Å². The van der Waals surface area contributed by atoms with Crippen LogP contribution in [0.2, 0.25) is 0 Å². The molecule has 3 heteroatoms. The minimum Gasteiger partial charge on any atom is -0.298 e. The summed E-state index contributed by atoms with van der Waals surface area (Å²) in [4.78, 5) is 10.9. The van der Waals surface area contributed by atoms with Gasteiger partial charge in [0.15, 0.2) is 5.78 Å². The van der Waals surface area contributed by atoms with Gasteiger partial charge in [-0.1, -0.05) is 20.8 Å². The van der Waals surface area contributed by atoms with Crippen molar-refractivity contribution in [1.29, 1.82) is 0 Å². The second kappa shape index (κ2) is 2.94. The van der Waals surface area contributed by atoms with Crippen LogP contribution in [0.5, 0.6) is 0 Å². The van der Waals surface area contributed by atoms with E-state index in [2.05, 4.69) is 5.43 Å². The summed E-state index contributed by atoms with van der Waals surface area (Å²) in [5, 5.41) is 0. The molecule has 0 bridgehead atoms. The molecule has 0 spiro atoms. The predicted octanol–water partition coefficient (Wildman–Crippen LogP) is 0.0649. The van der Waals surface area contributed by atoms with Crippen molar-refractivity contribution in [2.75, 3.05) is 6.54 Å². The summed E-state index contributed by atoms with van der Waals surface area (Å²) >= 11 is 0. The Morgan fingerprint density at radius 3 is 2.11 bits per heavy atom. The lowest BCUT2D eigenvalue weighted by molar-refractivity contribution is -0.125. The monoisotopic (exact) mass is 130 g/mol. The zero-order valence-electron chi connectivity index (χ0n) is 6.19. The molecule has 0 fully saturated rings. The quantitative estimate of drug-likeness (QED) is 0.410. The number of hydrazine groups is 1. The van der Waals surface area contributed by atoms with Gasteiger partial charge in [0.2, 0.25) is 0 Å². The van der Waals surface area contributed by atoms with Gasteiger partial charge in [-0.05, 0) is 0 Å². The Hall–Kier alpha value is -0.410. The lowest BCUT2D eigenvalue weighted by Crippen LogP contribution is -2.35. The molecule has 0 aromatic rings. The van der Waals surface area contributed by atoms with Gasteiger partial charge in [0.05, 0.1) is 6.54 Å². The van der Waals surface area contributed by atoms with Crippen molar-refractivity contribution < 1.29 is 4.79 Å². The summed E-state index contributed by atoms with van der Waals surface area (Å²) in [7, 11) is 0. The van der Waals surface area contributed by atoms with E-state index < -0.39 is 0 Å². The first-order chi connectivity index (χ1) is 3.98. The molecule has 0 saturated carbocycles. The number of hydrogen-bond acceptors (Lipinski definition) is 3. The van der Waals surface area contributed by atoms with E-state index in [0.717, 1.165) is 0 Å². The van der Waals surface area contributed by atoms with Gasteiger partial charge < -0.3 is 0 Å². The van der Waals surface area contributed by atoms with E-state index in [4.69, 9.17) is 5.84 Å². The molecule has 54 valence electrons. The number of Topliss-reactive ketones (excluding diaryl/α,β-unsaturated/α-hetero) is 1. The van der Waals surface area contributed by atoms with Crippen LogP contribution in [0.3, 0.4) is 0 Å². The molecule has 0 aliphatic carbocycles. The lowest BCUT2D eigenvalue weighted by atomic mass is 9.91. The van der Waals surface area contributed by atoms with Crippen molar-refractivity contribution in [2.24, 2.45) is 11.3 Å². The molecule has 0 amide bonds. The number of carbonyl (C=O) groups excluding carboxylic acids is 1. The summed E-state index contributed by atoms with van der Waals surface area (Å²) < 4.78 is 0. The van der Waals surface area contributed by atoms with Crippen LogP contribution in [0.1, 0.15) is 20.8 Å². The fraction of sp³-hybridized carbons (Fsp3) is 0.833. The fourth-order valence-electron chi connectivity index (χ4n) is 0.358. The number of carbonyl (C=O) groups is 1. The van der Waals surface area contributed by atoms with Gasteiger partial charge >= 0.3 is 0 Å². The maximum Gasteiger partial charge on any atom is 0.153 e. The zero-order chi connectivity index (χ0) is 7.49. The summed E-state index contributed by atoms with van der Waals surface area (Å²) in [6.45, 7) is 5.86. The van der Waals surface area contributed by atoms with Crippen molar-refractivity contribution in [3.05, 3.63) is 0 Å². The molecule has 3 nitrogen and oxygen atoms in total. The highest BCUT2D eigenvalue weighted by Gasteiger charge is 2.19. The van der Waals surface area contributed by atoms with E-state index >= 15 is 0 Å². The summed E-state index contributed by atoms with van der Waals surface area (Å²) in [5.74, 6) is 5.08. The minimum absolute atomic E-state index is 0.130. The molecule has 9 heavy (non-hydrogen) atoms. The van der Waals surface area contributed by atoms with Gasteiger partial charge in [0.1, 0.15) is 0 Å². The molecule has 0 radical (unpaired) electrons. The number of nitrogens with one attached hydrogen (secondary N) is 1. The van der Waals surface area contributed by atoms with Gasteiger partial charge in [0.25, 0.3) is 0 Å². The molecule has 0 rings (SSSR count). The predicted molar refractivity (Wildman–Crippen MR) is 36.7 cm³/mol. The third-order valence-corrected chi connectivity index (χ3v) is 1.10. The largest absolute Gasteiger partial charge is 0.298 e. The van der Waals surface area contributed by atoms with Gasteiger partial charge in [-0.3, -0.25) is 16.1 Å². The Labute approximate surface area is 55.6 Å². The van der Waals surface area contributed by atoms with Crippen LogP contribution in [-0.2, 0) is 4.79 Å². The number of rotatable bonds is 2. The van der Waals surface area contributed by atoms with Crippen molar-refractivity contribution in [2.45, 2.75) is 20.8 Å². The average molecular weight is 130 g/mol. The first kappa shape index (κ1) is 8.59. The highest BCUT2D eigenvalue weighted by atomic mass is 16.1. The van der Waals surface area contributed by atoms with Gasteiger partial charge in [-0.2, -0.15) is 0 Å². The Kier molecular flexibility index (Phi) is 2.81. The Balaban J connectivity index is 3.74. The number of hydrogen-bond donors (Lipinski definition) is 2. The zero-order valence-corrected chi connectivity index (χ0v) is 6.19. The third-order valence-electron chi connectivity index (χ3n) is 1.10. The summed E-state index contributed by atoms with van der Waals surface area (Å²) in [6, 6.07) is 0. The van der Waals surface area contributed by atoms with E-state index in [-0.39, 0.29) is 17.7 Å². The molecule has 0 atom stereocenters. The van der Waals surface area contributed by atoms with E-state index in [9.17, 15) is 4.79 Å². The molecule has 0 aliphatic rings. The first-order valence-corrected chi connectivity index (χ1v) is 2.95. The number of nitrogens with two attached hydrogens (primary N) is 1. The smallest absolute Gasteiger partial charge is 0.153 e. The average Bonchev–Trinajstić information content (AvgIpc) is 1.64. The van der Waals surface area contributed by atoms with Crippen molar-refractivity contribution in [1.82, 2.24) is 5.43 Å². The SMILES string of the molecule is CC(C)(C)C(=O)CNN. The van der Waals surface area contributed by atoms with Crippen LogP contribution < -0.4 is 11.3 Å². The van der Waals surface area contributed by atoms with Crippen molar-refractivity contribution >= 4 is 5.78 Å². The second-order valence-electron chi connectivity index (χ2n) is 3.05. The van der Waals surface area contributed by atoms with E-state index in [0.29, 0.717) is 0 Å². The van der Waals surface area contributed by atoms with E-state index in [1.807, 2.05) is 20.8 Å². The molecule has 0 heterocycles. The molecule has 0 aromatic carbocycles. The van der Waals surface area contributed by atoms with Crippen LogP contribution in [0.25, 0.3) is 0 Å². The Morgan fingerprint density at radius 2 is 2.00 bits per heavy atom. The molecular weight excluding hydrogens is 116 g/mol. The maximum absolute atomic E-state index is 10.9. The standard InChI is InChI=1S/C6H14N2O/c1-6(2,3)5(9)4-8-7/h8H,4,7H2,1-3H3. The molecular formula is C6H14N2O. The highest BCUT2D eigenvalue weighted by molar-refractivity contribution is 5.85. The maximum atomic E-state index is 10.9. The van der Waals surface area contributed by atoms with Crippen molar-refractivity contribution in [3.63, 3.8) is 0 Å². The van der Waals surface area contributed by atoms with Crippen molar-refractivity contribution in [3.8, 4) is 0 Å². The van der Waals surface area contributed by atoms with E-state index in [1.165, 1.54) is 0 Å².